The Morgan fingerprint density at radius 3 is 2.57 bits per heavy atom. The van der Waals surface area contributed by atoms with E-state index in [4.69, 9.17) is 5.73 Å². The molecule has 0 unspecified atom stereocenters. The van der Waals surface area contributed by atoms with Crippen LogP contribution in [-0.4, -0.2) is 10.9 Å². The third-order valence-electron chi connectivity index (χ3n) is 3.29. The van der Waals surface area contributed by atoms with E-state index in [2.05, 4.69) is 4.98 Å². The Morgan fingerprint density at radius 1 is 1.36 bits per heavy atom. The van der Waals surface area contributed by atoms with Crippen LogP contribution < -0.4 is 5.73 Å². The molecule has 0 aromatic carbocycles. The first-order valence-electron chi connectivity index (χ1n) is 5.19. The molecule has 1 fully saturated rings. The summed E-state index contributed by atoms with van der Waals surface area (Å²) < 4.78 is 0. The van der Waals surface area contributed by atoms with Crippen LogP contribution in [0.15, 0.2) is 18.3 Å². The lowest BCUT2D eigenvalue weighted by molar-refractivity contribution is -0.124. The Labute approximate surface area is 83.7 Å². The molecule has 1 saturated carbocycles. The average Bonchev–Trinajstić information content (AvgIpc) is 2.72. The topological polar surface area (TPSA) is 58.9 Å². The fraction of sp³-hybridized carbons (Fsp3) is 0.545. The SMILES string of the molecule is NC(=O)C1(c2ccc[nH]2)CCCCC1. The van der Waals surface area contributed by atoms with E-state index in [-0.39, 0.29) is 5.91 Å². The molecule has 0 saturated heterocycles. The molecule has 1 aliphatic carbocycles. The van der Waals surface area contributed by atoms with Gasteiger partial charge in [-0.15, -0.1) is 0 Å². The Bertz CT molecular complexity index is 310. The number of aromatic amines is 1. The highest BCUT2D eigenvalue weighted by atomic mass is 16.1. The van der Waals surface area contributed by atoms with Gasteiger partial charge in [0.1, 0.15) is 0 Å². The number of amides is 1. The van der Waals surface area contributed by atoms with Gasteiger partial charge in [0.2, 0.25) is 5.91 Å². The largest absolute Gasteiger partial charge is 0.369 e. The van der Waals surface area contributed by atoms with E-state index in [1.807, 2.05) is 18.3 Å². The van der Waals surface area contributed by atoms with Gasteiger partial charge in [-0.25, -0.2) is 0 Å². The normalized spacial score (nSPS) is 20.6. The second-order valence-corrected chi connectivity index (χ2v) is 4.09. The zero-order chi connectivity index (χ0) is 10.0. The minimum absolute atomic E-state index is 0.181. The molecule has 1 aliphatic rings. The second-order valence-electron chi connectivity index (χ2n) is 4.09. The van der Waals surface area contributed by atoms with Gasteiger partial charge in [-0.2, -0.15) is 0 Å². The molecule has 0 aliphatic heterocycles. The van der Waals surface area contributed by atoms with Gasteiger partial charge in [0, 0.05) is 11.9 Å². The van der Waals surface area contributed by atoms with Crippen LogP contribution in [-0.2, 0) is 10.2 Å². The summed E-state index contributed by atoms with van der Waals surface area (Å²) in [6.45, 7) is 0. The summed E-state index contributed by atoms with van der Waals surface area (Å²) in [5.74, 6) is -0.181. The molecule has 14 heavy (non-hydrogen) atoms. The number of primary amides is 1. The second kappa shape index (κ2) is 3.48. The van der Waals surface area contributed by atoms with E-state index in [9.17, 15) is 4.79 Å². The fourth-order valence-corrected chi connectivity index (χ4v) is 2.43. The van der Waals surface area contributed by atoms with Gasteiger partial charge < -0.3 is 10.7 Å². The first-order valence-corrected chi connectivity index (χ1v) is 5.19. The molecule has 2 rings (SSSR count). The molecule has 1 amide bonds. The maximum atomic E-state index is 11.6. The van der Waals surface area contributed by atoms with Crippen molar-refractivity contribution in [1.82, 2.24) is 4.98 Å². The van der Waals surface area contributed by atoms with Crippen molar-refractivity contribution in [2.45, 2.75) is 37.5 Å². The standard InChI is InChI=1S/C11H16N2O/c12-10(14)11(6-2-1-3-7-11)9-5-4-8-13-9/h4-5,8,13H,1-3,6-7H2,(H2,12,14). The van der Waals surface area contributed by atoms with Crippen LogP contribution >= 0.6 is 0 Å². The van der Waals surface area contributed by atoms with Crippen molar-refractivity contribution in [3.63, 3.8) is 0 Å². The van der Waals surface area contributed by atoms with Gasteiger partial charge in [0.05, 0.1) is 5.41 Å². The summed E-state index contributed by atoms with van der Waals surface area (Å²) in [5, 5.41) is 0. The Kier molecular flexibility index (Phi) is 2.32. The van der Waals surface area contributed by atoms with E-state index in [1.54, 1.807) is 0 Å². The van der Waals surface area contributed by atoms with Gasteiger partial charge in [-0.05, 0) is 25.0 Å². The summed E-state index contributed by atoms with van der Waals surface area (Å²) in [6, 6.07) is 3.89. The van der Waals surface area contributed by atoms with Crippen LogP contribution in [0.25, 0.3) is 0 Å². The van der Waals surface area contributed by atoms with Crippen molar-refractivity contribution < 1.29 is 4.79 Å². The molecule has 3 heteroatoms. The molecule has 1 aromatic rings. The van der Waals surface area contributed by atoms with Gasteiger partial charge in [-0.3, -0.25) is 4.79 Å². The number of hydrogen-bond donors (Lipinski definition) is 2. The summed E-state index contributed by atoms with van der Waals surface area (Å²) in [6.07, 6.45) is 7.06. The van der Waals surface area contributed by atoms with Crippen LogP contribution in [0.1, 0.15) is 37.8 Å². The number of carbonyl (C=O) groups excluding carboxylic acids is 1. The van der Waals surface area contributed by atoms with Crippen molar-refractivity contribution in [2.75, 3.05) is 0 Å². The fourth-order valence-electron chi connectivity index (χ4n) is 2.43. The average molecular weight is 192 g/mol. The van der Waals surface area contributed by atoms with Gasteiger partial charge in [0.15, 0.2) is 0 Å². The lowest BCUT2D eigenvalue weighted by Gasteiger charge is -2.33. The van der Waals surface area contributed by atoms with Gasteiger partial charge in [-0.1, -0.05) is 19.3 Å². The monoisotopic (exact) mass is 192 g/mol. The van der Waals surface area contributed by atoms with Crippen LogP contribution in [0, 0.1) is 0 Å². The third kappa shape index (κ3) is 1.33. The first kappa shape index (κ1) is 9.31. The number of H-pyrrole nitrogens is 1. The molecule has 3 N–H and O–H groups in total. The number of nitrogens with two attached hydrogens (primary N) is 1. The molecule has 0 bridgehead atoms. The summed E-state index contributed by atoms with van der Waals surface area (Å²) in [4.78, 5) is 14.7. The molecular formula is C11H16N2O. The van der Waals surface area contributed by atoms with Crippen molar-refractivity contribution >= 4 is 5.91 Å². The predicted octanol–water partition coefficient (Wildman–Crippen LogP) is 1.70. The van der Waals surface area contributed by atoms with Crippen molar-refractivity contribution in [1.29, 1.82) is 0 Å². The maximum absolute atomic E-state index is 11.6. The quantitative estimate of drug-likeness (QED) is 0.736. The van der Waals surface area contributed by atoms with Crippen LogP contribution in [0.5, 0.6) is 0 Å². The molecular weight excluding hydrogens is 176 g/mol. The number of rotatable bonds is 2. The number of carbonyl (C=O) groups is 1. The number of hydrogen-bond acceptors (Lipinski definition) is 1. The van der Waals surface area contributed by atoms with E-state index >= 15 is 0 Å². The Morgan fingerprint density at radius 2 is 2.07 bits per heavy atom. The summed E-state index contributed by atoms with van der Waals surface area (Å²) >= 11 is 0. The minimum atomic E-state index is -0.415. The molecule has 3 nitrogen and oxygen atoms in total. The number of nitrogens with one attached hydrogen (secondary N) is 1. The van der Waals surface area contributed by atoms with E-state index < -0.39 is 5.41 Å². The predicted molar refractivity (Wildman–Crippen MR) is 54.8 cm³/mol. The molecule has 1 heterocycles. The smallest absolute Gasteiger partial charge is 0.229 e. The first-order chi connectivity index (χ1) is 6.76. The highest BCUT2D eigenvalue weighted by molar-refractivity contribution is 5.86. The van der Waals surface area contributed by atoms with Crippen molar-refractivity contribution in [3.8, 4) is 0 Å². The van der Waals surface area contributed by atoms with Crippen LogP contribution in [0.3, 0.4) is 0 Å². The van der Waals surface area contributed by atoms with Crippen molar-refractivity contribution in [3.05, 3.63) is 24.0 Å². The molecule has 76 valence electrons. The lowest BCUT2D eigenvalue weighted by atomic mass is 9.71. The van der Waals surface area contributed by atoms with Gasteiger partial charge in [0.25, 0.3) is 0 Å². The van der Waals surface area contributed by atoms with Crippen LogP contribution in [0.4, 0.5) is 0 Å². The molecule has 1 aromatic heterocycles. The lowest BCUT2D eigenvalue weighted by Crippen LogP contribution is -2.43. The molecule has 0 spiro atoms. The van der Waals surface area contributed by atoms with E-state index in [1.165, 1.54) is 6.42 Å². The Balaban J connectivity index is 2.35. The van der Waals surface area contributed by atoms with E-state index in [0.717, 1.165) is 31.4 Å². The Hall–Kier alpha value is -1.25. The van der Waals surface area contributed by atoms with Crippen molar-refractivity contribution in [2.24, 2.45) is 5.73 Å². The van der Waals surface area contributed by atoms with Crippen LogP contribution in [0.2, 0.25) is 0 Å². The summed E-state index contributed by atoms with van der Waals surface area (Å²) in [7, 11) is 0. The van der Waals surface area contributed by atoms with Gasteiger partial charge >= 0.3 is 0 Å². The third-order valence-corrected chi connectivity index (χ3v) is 3.29. The zero-order valence-electron chi connectivity index (χ0n) is 8.25. The summed E-state index contributed by atoms with van der Waals surface area (Å²) in [5.41, 5.74) is 6.11. The molecule has 0 atom stereocenters. The molecule has 0 radical (unpaired) electrons. The van der Waals surface area contributed by atoms with E-state index in [0.29, 0.717) is 0 Å². The minimum Gasteiger partial charge on any atom is -0.369 e. The highest BCUT2D eigenvalue weighted by Crippen LogP contribution is 2.38. The number of aromatic nitrogens is 1. The maximum Gasteiger partial charge on any atom is 0.229 e. The highest BCUT2D eigenvalue weighted by Gasteiger charge is 2.40. The zero-order valence-corrected chi connectivity index (χ0v) is 8.25.